The van der Waals surface area contributed by atoms with Crippen LogP contribution in [0.4, 0.5) is 36.4 Å². The number of alkyl halides is 3. The highest BCUT2D eigenvalue weighted by molar-refractivity contribution is 6.30. The smallest absolute Gasteiger partial charge is 0.490 e. The van der Waals surface area contributed by atoms with Crippen molar-refractivity contribution in [1.29, 1.82) is 0 Å². The molecule has 0 aliphatic heterocycles. The van der Waals surface area contributed by atoms with E-state index in [1.807, 2.05) is 53.2 Å². The van der Waals surface area contributed by atoms with E-state index in [2.05, 4.69) is 20.6 Å². The van der Waals surface area contributed by atoms with Crippen LogP contribution in [0.1, 0.15) is 17.7 Å². The van der Waals surface area contributed by atoms with Gasteiger partial charge in [0.05, 0.1) is 25.6 Å². The first kappa shape index (κ1) is 28.5. The Labute approximate surface area is 231 Å². The number of aliphatic carboxylic acids is 1. The summed E-state index contributed by atoms with van der Waals surface area (Å²) in [5.41, 5.74) is 4.06. The van der Waals surface area contributed by atoms with Gasteiger partial charge in [0.2, 0.25) is 5.95 Å². The highest BCUT2D eigenvalue weighted by atomic mass is 35.5. The number of carboxylic acid groups (broad SMARTS) is 1. The Balaban J connectivity index is 0.000000470. The van der Waals surface area contributed by atoms with Crippen LogP contribution in [0, 0.1) is 0 Å². The molecule has 4 aromatic rings. The predicted molar refractivity (Wildman–Crippen MR) is 142 cm³/mol. The van der Waals surface area contributed by atoms with Gasteiger partial charge >= 0.3 is 12.1 Å². The molecule has 40 heavy (non-hydrogen) atoms. The Bertz CT molecular complexity index is 1500. The lowest BCUT2D eigenvalue weighted by atomic mass is 10.2. The molecule has 1 aliphatic carbocycles. The number of methoxy groups -OCH3 is 2. The third kappa shape index (κ3) is 6.72. The predicted octanol–water partition coefficient (Wildman–Crippen LogP) is 5.94. The SMILES string of the molecule is COc1ccc(Nc2nccc(Nc3c4c(nn3-c3ccc(Cl)cc3)CCC4)n2)cc1OC.O=C(O)C(F)(F)F. The van der Waals surface area contributed by atoms with Crippen molar-refractivity contribution in [3.05, 3.63) is 71.0 Å². The van der Waals surface area contributed by atoms with Crippen LogP contribution in [0.5, 0.6) is 11.5 Å². The van der Waals surface area contributed by atoms with Gasteiger partial charge in [0.1, 0.15) is 11.6 Å². The van der Waals surface area contributed by atoms with Crippen molar-refractivity contribution in [3.8, 4) is 17.2 Å². The fraction of sp³-hybridized carbons (Fsp3) is 0.231. The lowest BCUT2D eigenvalue weighted by Gasteiger charge is -2.13. The largest absolute Gasteiger partial charge is 0.493 e. The molecule has 5 rings (SSSR count). The lowest BCUT2D eigenvalue weighted by Crippen LogP contribution is -2.21. The third-order valence-electron chi connectivity index (χ3n) is 5.76. The second kappa shape index (κ2) is 12.1. The van der Waals surface area contributed by atoms with E-state index >= 15 is 0 Å². The summed E-state index contributed by atoms with van der Waals surface area (Å²) in [6.07, 6.45) is -0.321. The van der Waals surface area contributed by atoms with E-state index in [4.69, 9.17) is 36.1 Å². The molecular formula is C26H24ClF3N6O4. The Kier molecular flexibility index (Phi) is 8.63. The fourth-order valence-electron chi connectivity index (χ4n) is 3.94. The number of hydrogen-bond donors (Lipinski definition) is 3. The van der Waals surface area contributed by atoms with Crippen LogP contribution < -0.4 is 20.1 Å². The zero-order valence-electron chi connectivity index (χ0n) is 21.3. The summed E-state index contributed by atoms with van der Waals surface area (Å²) < 4.78 is 44.3. The number of fused-ring (bicyclic) bond motifs is 1. The second-order valence-corrected chi connectivity index (χ2v) is 8.84. The molecule has 2 heterocycles. The van der Waals surface area contributed by atoms with E-state index < -0.39 is 12.1 Å². The Morgan fingerprint density at radius 3 is 2.38 bits per heavy atom. The molecule has 14 heteroatoms. The number of rotatable bonds is 7. The van der Waals surface area contributed by atoms with Gasteiger partial charge < -0.3 is 25.2 Å². The third-order valence-corrected chi connectivity index (χ3v) is 6.01. The van der Waals surface area contributed by atoms with Crippen molar-refractivity contribution in [2.24, 2.45) is 0 Å². The molecule has 0 saturated heterocycles. The zero-order valence-corrected chi connectivity index (χ0v) is 22.0. The van der Waals surface area contributed by atoms with E-state index in [0.29, 0.717) is 28.3 Å². The van der Waals surface area contributed by atoms with Crippen LogP contribution in [0.3, 0.4) is 0 Å². The Morgan fingerprint density at radius 1 is 1.02 bits per heavy atom. The van der Waals surface area contributed by atoms with Crippen LogP contribution in [-0.2, 0) is 17.6 Å². The first-order valence-corrected chi connectivity index (χ1v) is 12.2. The van der Waals surface area contributed by atoms with Crippen molar-refractivity contribution in [1.82, 2.24) is 19.7 Å². The van der Waals surface area contributed by atoms with Crippen LogP contribution in [0.2, 0.25) is 5.02 Å². The summed E-state index contributed by atoms with van der Waals surface area (Å²) in [6, 6.07) is 15.0. The quantitative estimate of drug-likeness (QED) is 0.245. The number of anilines is 4. The molecule has 2 aromatic heterocycles. The molecule has 0 unspecified atom stereocenters. The number of ether oxygens (including phenoxy) is 2. The van der Waals surface area contributed by atoms with E-state index in [-0.39, 0.29) is 0 Å². The first-order valence-electron chi connectivity index (χ1n) is 11.8. The average Bonchev–Trinajstić information content (AvgIpc) is 3.52. The van der Waals surface area contributed by atoms with Crippen LogP contribution in [0.25, 0.3) is 5.69 Å². The van der Waals surface area contributed by atoms with Crippen molar-refractivity contribution < 1.29 is 32.5 Å². The second-order valence-electron chi connectivity index (χ2n) is 8.40. The van der Waals surface area contributed by atoms with Crippen LogP contribution in [0.15, 0.2) is 54.7 Å². The van der Waals surface area contributed by atoms with Crippen molar-refractivity contribution in [2.75, 3.05) is 24.9 Å². The van der Waals surface area contributed by atoms with Gasteiger partial charge in [0.15, 0.2) is 11.5 Å². The van der Waals surface area contributed by atoms with E-state index in [1.54, 1.807) is 20.4 Å². The normalized spacial score (nSPS) is 12.2. The lowest BCUT2D eigenvalue weighted by molar-refractivity contribution is -0.192. The number of nitrogens with one attached hydrogen (secondary N) is 2. The topological polar surface area (TPSA) is 123 Å². The molecule has 1 aliphatic rings. The van der Waals surface area contributed by atoms with Gasteiger partial charge in [-0.3, -0.25) is 0 Å². The van der Waals surface area contributed by atoms with Crippen molar-refractivity contribution >= 4 is 40.8 Å². The van der Waals surface area contributed by atoms with Crippen LogP contribution in [-0.4, -0.2) is 51.2 Å². The van der Waals surface area contributed by atoms with E-state index in [1.165, 1.54) is 5.56 Å². The van der Waals surface area contributed by atoms with Crippen molar-refractivity contribution in [3.63, 3.8) is 0 Å². The number of carbonyl (C=O) groups is 1. The number of carboxylic acids is 1. The zero-order chi connectivity index (χ0) is 28.9. The minimum absolute atomic E-state index is 0.460. The number of benzene rings is 2. The van der Waals surface area contributed by atoms with Gasteiger partial charge in [-0.15, -0.1) is 0 Å². The van der Waals surface area contributed by atoms with E-state index in [0.717, 1.165) is 42.1 Å². The highest BCUT2D eigenvalue weighted by Crippen LogP contribution is 2.34. The van der Waals surface area contributed by atoms with Gasteiger partial charge in [0.25, 0.3) is 0 Å². The minimum atomic E-state index is -5.08. The molecule has 0 fully saturated rings. The molecule has 2 aromatic carbocycles. The minimum Gasteiger partial charge on any atom is -0.493 e. The first-order chi connectivity index (χ1) is 19.1. The highest BCUT2D eigenvalue weighted by Gasteiger charge is 2.38. The average molecular weight is 577 g/mol. The number of nitrogens with zero attached hydrogens (tertiary/aromatic N) is 4. The molecule has 0 bridgehead atoms. The summed E-state index contributed by atoms with van der Waals surface area (Å²) in [7, 11) is 3.21. The monoisotopic (exact) mass is 576 g/mol. The number of hydrogen-bond acceptors (Lipinski definition) is 8. The Morgan fingerprint density at radius 2 is 1.73 bits per heavy atom. The maximum atomic E-state index is 10.6. The number of aryl methyl sites for hydroxylation is 1. The van der Waals surface area contributed by atoms with Gasteiger partial charge in [-0.1, -0.05) is 11.6 Å². The molecular weight excluding hydrogens is 553 g/mol. The summed E-state index contributed by atoms with van der Waals surface area (Å²) in [6.45, 7) is 0. The Hall–Kier alpha value is -4.52. The fourth-order valence-corrected chi connectivity index (χ4v) is 4.07. The number of halogens is 4. The standard InChI is InChI=1S/C24H23ClN6O2.C2HF3O2/c1-32-20-11-8-16(14-21(20)33-2)27-24-26-13-12-22(29-24)28-23-18-4-3-5-19(18)30-31(23)17-9-6-15(25)7-10-17;3-2(4,5)1(6)7/h6-14H,3-5H2,1-2H3,(H2,26,27,28,29);(H,6,7). The molecule has 0 amide bonds. The molecule has 3 N–H and O–H groups in total. The van der Waals surface area contributed by atoms with Gasteiger partial charge in [0, 0.05) is 28.5 Å². The molecule has 0 spiro atoms. The van der Waals surface area contributed by atoms with Gasteiger partial charge in [-0.05, 0) is 61.7 Å². The maximum absolute atomic E-state index is 10.6. The summed E-state index contributed by atoms with van der Waals surface area (Å²) in [5, 5.41) is 19.3. The summed E-state index contributed by atoms with van der Waals surface area (Å²) in [5.74, 6) is 0.565. The van der Waals surface area contributed by atoms with Crippen LogP contribution >= 0.6 is 11.6 Å². The number of aromatic nitrogens is 4. The maximum Gasteiger partial charge on any atom is 0.490 e. The molecule has 210 valence electrons. The molecule has 10 nitrogen and oxygen atoms in total. The molecule has 0 radical (unpaired) electrons. The molecule has 0 atom stereocenters. The van der Waals surface area contributed by atoms with E-state index in [9.17, 15) is 13.2 Å². The van der Waals surface area contributed by atoms with Gasteiger partial charge in [-0.2, -0.15) is 23.3 Å². The van der Waals surface area contributed by atoms with Gasteiger partial charge in [-0.25, -0.2) is 14.5 Å². The molecule has 0 saturated carbocycles. The van der Waals surface area contributed by atoms with Crippen molar-refractivity contribution in [2.45, 2.75) is 25.4 Å². The summed E-state index contributed by atoms with van der Waals surface area (Å²) in [4.78, 5) is 17.9. The summed E-state index contributed by atoms with van der Waals surface area (Å²) >= 11 is 6.08.